The highest BCUT2D eigenvalue weighted by Crippen LogP contribution is 2.27. The molecular formula is C13H21N5O2S. The summed E-state index contributed by atoms with van der Waals surface area (Å²) in [6.45, 7) is 4.42. The summed E-state index contributed by atoms with van der Waals surface area (Å²) in [5, 5.41) is 6.20. The quantitative estimate of drug-likeness (QED) is 0.713. The van der Waals surface area contributed by atoms with Crippen molar-refractivity contribution >= 4 is 34.1 Å². The maximum absolute atomic E-state index is 12.2. The Kier molecular flexibility index (Phi) is 4.66. The lowest BCUT2D eigenvalue weighted by molar-refractivity contribution is -0.122. The van der Waals surface area contributed by atoms with E-state index in [4.69, 9.17) is 5.73 Å². The standard InChI is InChI=1S/C13H21N5O2S/c1-4-18(3)13-17-10(14)9(21-13)12(20)15-7(2)11(19)16-8-5-6-8/h7-8H,4-6,14H2,1-3H3,(H,15,20)(H,16,19). The van der Waals surface area contributed by atoms with Crippen LogP contribution in [0.1, 0.15) is 36.4 Å². The van der Waals surface area contributed by atoms with Crippen molar-refractivity contribution in [3.8, 4) is 0 Å². The number of rotatable bonds is 6. The molecule has 1 aliphatic carbocycles. The molecule has 1 saturated carbocycles. The topological polar surface area (TPSA) is 100 Å². The van der Waals surface area contributed by atoms with Gasteiger partial charge in [-0.3, -0.25) is 9.59 Å². The molecular weight excluding hydrogens is 290 g/mol. The molecule has 116 valence electrons. The molecule has 8 heteroatoms. The summed E-state index contributed by atoms with van der Waals surface area (Å²) in [6, 6.07) is -0.318. The van der Waals surface area contributed by atoms with Gasteiger partial charge in [0.05, 0.1) is 0 Å². The molecule has 0 saturated heterocycles. The Balaban J connectivity index is 1.98. The van der Waals surface area contributed by atoms with E-state index in [1.165, 1.54) is 11.3 Å². The van der Waals surface area contributed by atoms with Gasteiger partial charge in [0.1, 0.15) is 16.7 Å². The number of hydrogen-bond acceptors (Lipinski definition) is 6. The Bertz CT molecular complexity index is 541. The Morgan fingerprint density at radius 2 is 2.19 bits per heavy atom. The summed E-state index contributed by atoms with van der Waals surface area (Å²) < 4.78 is 0. The van der Waals surface area contributed by atoms with E-state index in [0.717, 1.165) is 19.4 Å². The number of thiazole rings is 1. The lowest BCUT2D eigenvalue weighted by atomic mass is 10.3. The molecule has 1 aromatic rings. The minimum absolute atomic E-state index is 0.167. The number of nitrogens with one attached hydrogen (secondary N) is 2. The van der Waals surface area contributed by atoms with Crippen LogP contribution in [0.3, 0.4) is 0 Å². The van der Waals surface area contributed by atoms with Gasteiger partial charge in [0, 0.05) is 19.6 Å². The van der Waals surface area contributed by atoms with E-state index in [1.54, 1.807) is 6.92 Å². The van der Waals surface area contributed by atoms with Gasteiger partial charge in [-0.1, -0.05) is 11.3 Å². The van der Waals surface area contributed by atoms with Crippen molar-refractivity contribution in [2.24, 2.45) is 0 Å². The van der Waals surface area contributed by atoms with Gasteiger partial charge in [0.2, 0.25) is 5.91 Å². The summed E-state index contributed by atoms with van der Waals surface area (Å²) in [6.07, 6.45) is 2.03. The molecule has 1 aliphatic rings. The zero-order valence-electron chi connectivity index (χ0n) is 12.5. The number of nitrogen functional groups attached to an aromatic ring is 1. The minimum atomic E-state index is -0.591. The number of aromatic nitrogens is 1. The fraction of sp³-hybridized carbons (Fsp3) is 0.615. The molecule has 0 aliphatic heterocycles. The number of hydrogen-bond donors (Lipinski definition) is 3. The van der Waals surface area contributed by atoms with Crippen LogP contribution in [0.4, 0.5) is 10.9 Å². The predicted octanol–water partition coefficient (Wildman–Crippen LogP) is 0.578. The average Bonchev–Trinajstić information content (AvgIpc) is 3.17. The lowest BCUT2D eigenvalue weighted by Crippen LogP contribution is -2.45. The van der Waals surface area contributed by atoms with Gasteiger partial charge in [-0.15, -0.1) is 0 Å². The molecule has 1 fully saturated rings. The molecule has 1 aromatic heterocycles. The second-order valence-electron chi connectivity index (χ2n) is 5.20. The third kappa shape index (κ3) is 3.84. The number of carbonyl (C=O) groups is 2. The van der Waals surface area contributed by atoms with E-state index in [2.05, 4.69) is 15.6 Å². The highest BCUT2D eigenvalue weighted by molar-refractivity contribution is 7.18. The zero-order valence-corrected chi connectivity index (χ0v) is 13.3. The van der Waals surface area contributed by atoms with Crippen LogP contribution in [0.2, 0.25) is 0 Å². The highest BCUT2D eigenvalue weighted by atomic mass is 32.1. The van der Waals surface area contributed by atoms with Gasteiger partial charge in [0.15, 0.2) is 5.13 Å². The van der Waals surface area contributed by atoms with Gasteiger partial charge < -0.3 is 21.3 Å². The normalized spacial score (nSPS) is 15.4. The first kappa shape index (κ1) is 15.6. The Morgan fingerprint density at radius 3 is 2.76 bits per heavy atom. The highest BCUT2D eigenvalue weighted by Gasteiger charge is 2.27. The van der Waals surface area contributed by atoms with Gasteiger partial charge in [-0.05, 0) is 26.7 Å². The van der Waals surface area contributed by atoms with E-state index >= 15 is 0 Å². The molecule has 2 amide bonds. The number of nitrogens with zero attached hydrogens (tertiary/aromatic N) is 2. The van der Waals surface area contributed by atoms with E-state index in [0.29, 0.717) is 10.0 Å². The predicted molar refractivity (Wildman–Crippen MR) is 83.6 cm³/mol. The van der Waals surface area contributed by atoms with Crippen LogP contribution in [0.15, 0.2) is 0 Å². The second kappa shape index (κ2) is 6.30. The molecule has 4 N–H and O–H groups in total. The van der Waals surface area contributed by atoms with Crippen molar-refractivity contribution in [1.82, 2.24) is 15.6 Å². The molecule has 0 aromatic carbocycles. The smallest absolute Gasteiger partial charge is 0.265 e. The van der Waals surface area contributed by atoms with Crippen molar-refractivity contribution in [2.45, 2.75) is 38.8 Å². The SMILES string of the molecule is CCN(C)c1nc(N)c(C(=O)NC(C)C(=O)NC2CC2)s1. The van der Waals surface area contributed by atoms with E-state index in [-0.39, 0.29) is 23.7 Å². The molecule has 7 nitrogen and oxygen atoms in total. The molecule has 0 bridgehead atoms. The van der Waals surface area contributed by atoms with Crippen LogP contribution in [0.5, 0.6) is 0 Å². The largest absolute Gasteiger partial charge is 0.382 e. The Hall–Kier alpha value is -1.83. The first-order valence-corrected chi connectivity index (χ1v) is 7.82. The summed E-state index contributed by atoms with van der Waals surface area (Å²) in [5.41, 5.74) is 5.79. The molecule has 2 rings (SSSR count). The van der Waals surface area contributed by atoms with Crippen LogP contribution < -0.4 is 21.3 Å². The number of nitrogens with two attached hydrogens (primary N) is 1. The van der Waals surface area contributed by atoms with Gasteiger partial charge in [-0.25, -0.2) is 4.98 Å². The fourth-order valence-electron chi connectivity index (χ4n) is 1.66. The Labute approximate surface area is 127 Å². The lowest BCUT2D eigenvalue weighted by Gasteiger charge is -2.13. The van der Waals surface area contributed by atoms with Crippen molar-refractivity contribution < 1.29 is 9.59 Å². The van der Waals surface area contributed by atoms with Gasteiger partial charge >= 0.3 is 0 Å². The third-order valence-electron chi connectivity index (χ3n) is 3.31. The van der Waals surface area contributed by atoms with Gasteiger partial charge in [-0.2, -0.15) is 0 Å². The van der Waals surface area contributed by atoms with E-state index in [9.17, 15) is 9.59 Å². The van der Waals surface area contributed by atoms with Crippen LogP contribution in [0, 0.1) is 0 Å². The zero-order chi connectivity index (χ0) is 15.6. The van der Waals surface area contributed by atoms with Crippen LogP contribution >= 0.6 is 11.3 Å². The molecule has 0 spiro atoms. The molecule has 21 heavy (non-hydrogen) atoms. The summed E-state index contributed by atoms with van der Waals surface area (Å²) >= 11 is 1.23. The number of anilines is 2. The third-order valence-corrected chi connectivity index (χ3v) is 4.50. The number of carbonyl (C=O) groups excluding carboxylic acids is 2. The second-order valence-corrected chi connectivity index (χ2v) is 6.18. The molecule has 1 atom stereocenters. The fourth-order valence-corrected chi connectivity index (χ4v) is 2.58. The molecule has 1 heterocycles. The minimum Gasteiger partial charge on any atom is -0.382 e. The maximum Gasteiger partial charge on any atom is 0.265 e. The molecule has 1 unspecified atom stereocenters. The summed E-state index contributed by atoms with van der Waals surface area (Å²) in [5.74, 6) is -0.332. The van der Waals surface area contributed by atoms with Crippen molar-refractivity contribution in [3.63, 3.8) is 0 Å². The van der Waals surface area contributed by atoms with Crippen LogP contribution in [-0.2, 0) is 4.79 Å². The first-order valence-electron chi connectivity index (χ1n) is 7.01. The van der Waals surface area contributed by atoms with Crippen molar-refractivity contribution in [3.05, 3.63) is 4.88 Å². The van der Waals surface area contributed by atoms with E-state index < -0.39 is 6.04 Å². The summed E-state index contributed by atoms with van der Waals surface area (Å²) in [4.78, 5) is 30.4. The monoisotopic (exact) mass is 311 g/mol. The first-order chi connectivity index (χ1) is 9.92. The maximum atomic E-state index is 12.2. The summed E-state index contributed by atoms with van der Waals surface area (Å²) in [7, 11) is 1.88. The van der Waals surface area contributed by atoms with Crippen LogP contribution in [-0.4, -0.2) is 42.5 Å². The van der Waals surface area contributed by atoms with Crippen LogP contribution in [0.25, 0.3) is 0 Å². The van der Waals surface area contributed by atoms with Crippen molar-refractivity contribution in [1.29, 1.82) is 0 Å². The van der Waals surface area contributed by atoms with Crippen molar-refractivity contribution in [2.75, 3.05) is 24.2 Å². The van der Waals surface area contributed by atoms with E-state index in [1.807, 2.05) is 18.9 Å². The average molecular weight is 311 g/mol. The van der Waals surface area contributed by atoms with Gasteiger partial charge in [0.25, 0.3) is 5.91 Å². The Morgan fingerprint density at radius 1 is 1.52 bits per heavy atom. The molecule has 0 radical (unpaired) electrons. The number of amides is 2.